The summed E-state index contributed by atoms with van der Waals surface area (Å²) in [6, 6.07) is 11.1. The molecule has 0 aliphatic rings. The molecule has 2 aromatic rings. The maximum absolute atomic E-state index is 12.7. The lowest BCUT2D eigenvalue weighted by atomic mass is 10.1. The normalized spacial score (nSPS) is 11.3. The predicted molar refractivity (Wildman–Crippen MR) is 89.5 cm³/mol. The van der Waals surface area contributed by atoms with Gasteiger partial charge in [0, 0.05) is 7.05 Å². The highest BCUT2D eigenvalue weighted by molar-refractivity contribution is 7.92. The van der Waals surface area contributed by atoms with Gasteiger partial charge in [-0.25, -0.2) is 13.2 Å². The molecule has 0 unspecified atom stereocenters. The molecule has 122 valence electrons. The number of carbonyl (C=O) groups is 1. The van der Waals surface area contributed by atoms with Crippen LogP contribution in [0.3, 0.4) is 0 Å². The molecule has 2 rings (SSSR count). The number of anilines is 1. The van der Waals surface area contributed by atoms with Crippen molar-refractivity contribution in [3.05, 3.63) is 59.2 Å². The van der Waals surface area contributed by atoms with Crippen molar-refractivity contribution < 1.29 is 18.3 Å². The number of carboxylic acid groups (broad SMARTS) is 1. The van der Waals surface area contributed by atoms with Crippen LogP contribution in [-0.2, 0) is 16.4 Å². The van der Waals surface area contributed by atoms with Gasteiger partial charge in [0.1, 0.15) is 0 Å². The molecule has 23 heavy (non-hydrogen) atoms. The first-order chi connectivity index (χ1) is 10.8. The molecule has 0 aliphatic heterocycles. The van der Waals surface area contributed by atoms with Gasteiger partial charge in [0.25, 0.3) is 10.0 Å². The number of rotatable bonds is 5. The smallest absolute Gasteiger partial charge is 0.335 e. The van der Waals surface area contributed by atoms with Crippen LogP contribution in [0, 0.1) is 6.92 Å². The van der Waals surface area contributed by atoms with Gasteiger partial charge in [-0.1, -0.05) is 24.6 Å². The van der Waals surface area contributed by atoms with E-state index < -0.39 is 16.0 Å². The highest BCUT2D eigenvalue weighted by atomic mass is 32.2. The van der Waals surface area contributed by atoms with Crippen molar-refractivity contribution in [2.24, 2.45) is 0 Å². The summed E-state index contributed by atoms with van der Waals surface area (Å²) in [4.78, 5) is 11.3. The quantitative estimate of drug-likeness (QED) is 0.912. The number of nitrogens with zero attached hydrogens (tertiary/aromatic N) is 1. The molecule has 0 saturated carbocycles. The first-order valence-electron chi connectivity index (χ1n) is 7.19. The second-order valence-electron chi connectivity index (χ2n) is 5.29. The molecule has 0 aromatic heterocycles. The molecule has 0 amide bonds. The van der Waals surface area contributed by atoms with Gasteiger partial charge in [0.05, 0.1) is 16.1 Å². The molecule has 0 heterocycles. The summed E-state index contributed by atoms with van der Waals surface area (Å²) in [5.74, 6) is -1.03. The summed E-state index contributed by atoms with van der Waals surface area (Å²) in [5, 5.41) is 9.07. The number of benzene rings is 2. The van der Waals surface area contributed by atoms with Gasteiger partial charge in [-0.05, 0) is 49.2 Å². The molecule has 6 heteroatoms. The zero-order valence-electron chi connectivity index (χ0n) is 13.3. The molecule has 0 aliphatic carbocycles. The van der Waals surface area contributed by atoms with Gasteiger partial charge in [0.2, 0.25) is 0 Å². The first-order valence-corrected chi connectivity index (χ1v) is 8.63. The highest BCUT2D eigenvalue weighted by Crippen LogP contribution is 2.27. The van der Waals surface area contributed by atoms with Gasteiger partial charge in [0.15, 0.2) is 0 Å². The lowest BCUT2D eigenvalue weighted by molar-refractivity contribution is 0.0697. The Labute approximate surface area is 136 Å². The zero-order valence-corrected chi connectivity index (χ0v) is 14.1. The van der Waals surface area contributed by atoms with E-state index in [1.165, 1.54) is 29.6 Å². The van der Waals surface area contributed by atoms with E-state index in [4.69, 9.17) is 5.11 Å². The lowest BCUT2D eigenvalue weighted by Crippen LogP contribution is -2.27. The summed E-state index contributed by atoms with van der Waals surface area (Å²) >= 11 is 0. The number of hydrogen-bond acceptors (Lipinski definition) is 3. The molecule has 2 aromatic carbocycles. The molecule has 0 atom stereocenters. The van der Waals surface area contributed by atoms with Gasteiger partial charge in [-0.3, -0.25) is 4.31 Å². The molecule has 0 radical (unpaired) electrons. The standard InChI is InChI=1S/C17H19NO4S/c1-4-13-11-14(17(19)20)7-10-16(13)18(3)23(21,22)15-8-5-12(2)6-9-15/h5-11H,4H2,1-3H3,(H,19,20). The highest BCUT2D eigenvalue weighted by Gasteiger charge is 2.23. The molecule has 0 fully saturated rings. The first kappa shape index (κ1) is 17.0. The topological polar surface area (TPSA) is 74.7 Å². The summed E-state index contributed by atoms with van der Waals surface area (Å²) in [6.07, 6.45) is 0.532. The molecule has 5 nitrogen and oxygen atoms in total. The van der Waals surface area contributed by atoms with Gasteiger partial charge >= 0.3 is 5.97 Å². The Balaban J connectivity index is 2.48. The van der Waals surface area contributed by atoms with Gasteiger partial charge in [-0.2, -0.15) is 0 Å². The second kappa shape index (κ2) is 6.42. The van der Waals surface area contributed by atoms with E-state index in [9.17, 15) is 13.2 Å². The van der Waals surface area contributed by atoms with Crippen molar-refractivity contribution in [1.29, 1.82) is 0 Å². The maximum Gasteiger partial charge on any atom is 0.335 e. The lowest BCUT2D eigenvalue weighted by Gasteiger charge is -2.22. The Morgan fingerprint density at radius 1 is 1.13 bits per heavy atom. The Kier molecular flexibility index (Phi) is 4.75. The monoisotopic (exact) mass is 333 g/mol. The Morgan fingerprint density at radius 2 is 1.74 bits per heavy atom. The average molecular weight is 333 g/mol. The van der Waals surface area contributed by atoms with E-state index in [1.807, 2.05) is 13.8 Å². The van der Waals surface area contributed by atoms with E-state index in [2.05, 4.69) is 0 Å². The van der Waals surface area contributed by atoms with Crippen molar-refractivity contribution in [2.45, 2.75) is 25.2 Å². The number of aryl methyl sites for hydroxylation is 2. The molecule has 0 bridgehead atoms. The summed E-state index contributed by atoms with van der Waals surface area (Å²) < 4.78 is 26.7. The predicted octanol–water partition coefficient (Wildman–Crippen LogP) is 3.08. The minimum Gasteiger partial charge on any atom is -0.478 e. The second-order valence-corrected chi connectivity index (χ2v) is 7.26. The number of aromatic carboxylic acids is 1. The van der Waals surface area contributed by atoms with Crippen LogP contribution in [-0.4, -0.2) is 26.5 Å². The summed E-state index contributed by atoms with van der Waals surface area (Å²) in [7, 11) is -2.21. The fraction of sp³-hybridized carbons (Fsp3) is 0.235. The van der Waals surface area contributed by atoms with E-state index >= 15 is 0 Å². The van der Waals surface area contributed by atoms with Crippen LogP contribution in [0.25, 0.3) is 0 Å². The third kappa shape index (κ3) is 3.37. The number of sulfonamides is 1. The summed E-state index contributed by atoms with van der Waals surface area (Å²) in [5.41, 5.74) is 2.28. The minimum atomic E-state index is -3.69. The zero-order chi connectivity index (χ0) is 17.2. The van der Waals surface area contributed by atoms with E-state index in [-0.39, 0.29) is 10.5 Å². The molecule has 0 saturated heterocycles. The van der Waals surface area contributed by atoms with E-state index in [0.29, 0.717) is 17.7 Å². The van der Waals surface area contributed by atoms with Crippen LogP contribution in [0.15, 0.2) is 47.4 Å². The number of hydrogen-bond donors (Lipinski definition) is 1. The maximum atomic E-state index is 12.7. The summed E-state index contributed by atoms with van der Waals surface area (Å²) in [6.45, 7) is 3.75. The largest absolute Gasteiger partial charge is 0.478 e. The minimum absolute atomic E-state index is 0.145. The van der Waals surface area contributed by atoms with E-state index in [1.54, 1.807) is 24.3 Å². The average Bonchev–Trinajstić information content (AvgIpc) is 2.53. The van der Waals surface area contributed by atoms with Crippen molar-refractivity contribution in [1.82, 2.24) is 0 Å². The third-order valence-corrected chi connectivity index (χ3v) is 5.51. The molecular formula is C17H19NO4S. The van der Waals surface area contributed by atoms with Crippen molar-refractivity contribution in [2.75, 3.05) is 11.4 Å². The van der Waals surface area contributed by atoms with Crippen LogP contribution < -0.4 is 4.31 Å². The fourth-order valence-electron chi connectivity index (χ4n) is 2.31. The Bertz CT molecular complexity index is 826. The third-order valence-electron chi connectivity index (χ3n) is 3.73. The van der Waals surface area contributed by atoms with Crippen LogP contribution >= 0.6 is 0 Å². The van der Waals surface area contributed by atoms with Crippen molar-refractivity contribution >= 4 is 21.7 Å². The van der Waals surface area contributed by atoms with Crippen molar-refractivity contribution in [3.63, 3.8) is 0 Å². The van der Waals surface area contributed by atoms with Crippen LogP contribution in [0.2, 0.25) is 0 Å². The molecule has 0 spiro atoms. The van der Waals surface area contributed by atoms with Crippen LogP contribution in [0.1, 0.15) is 28.4 Å². The fourth-order valence-corrected chi connectivity index (χ4v) is 3.54. The van der Waals surface area contributed by atoms with Crippen LogP contribution in [0.4, 0.5) is 5.69 Å². The van der Waals surface area contributed by atoms with Gasteiger partial charge < -0.3 is 5.11 Å². The molecule has 1 N–H and O–H groups in total. The Hall–Kier alpha value is -2.34. The number of carboxylic acids is 1. The SMILES string of the molecule is CCc1cc(C(=O)O)ccc1N(C)S(=O)(=O)c1ccc(C)cc1. The van der Waals surface area contributed by atoms with Gasteiger partial charge in [-0.15, -0.1) is 0 Å². The Morgan fingerprint density at radius 3 is 2.26 bits per heavy atom. The van der Waals surface area contributed by atoms with Crippen LogP contribution in [0.5, 0.6) is 0 Å². The molecular weight excluding hydrogens is 314 g/mol. The van der Waals surface area contributed by atoms with Crippen molar-refractivity contribution in [3.8, 4) is 0 Å². The van der Waals surface area contributed by atoms with E-state index in [0.717, 1.165) is 5.56 Å².